The number of rotatable bonds is 1. The van der Waals surface area contributed by atoms with Gasteiger partial charge in [-0.2, -0.15) is 13.2 Å². The largest absolute Gasteiger partial charge is 0.416 e. The van der Waals surface area contributed by atoms with Crippen molar-refractivity contribution >= 4 is 0 Å². The van der Waals surface area contributed by atoms with Crippen LogP contribution in [0, 0.1) is 0 Å². The molecular formula is C20H13F3. The van der Waals surface area contributed by atoms with E-state index in [2.05, 4.69) is 12.1 Å². The van der Waals surface area contributed by atoms with Gasteiger partial charge in [-0.25, -0.2) is 0 Å². The Kier molecular flexibility index (Phi) is 3.05. The SMILES string of the molecule is FC(F)(F)c1cccc(-c2cccc3c2Cc2ccccc2-3)c1. The smallest absolute Gasteiger partial charge is 0.166 e. The minimum Gasteiger partial charge on any atom is -0.166 e. The van der Waals surface area contributed by atoms with Crippen LogP contribution < -0.4 is 0 Å². The first-order valence-electron chi connectivity index (χ1n) is 7.42. The number of fused-ring (bicyclic) bond motifs is 3. The van der Waals surface area contributed by atoms with Crippen LogP contribution in [0.2, 0.25) is 0 Å². The Hall–Kier alpha value is -2.55. The molecule has 0 unspecified atom stereocenters. The molecule has 0 saturated heterocycles. The number of hydrogen-bond acceptors (Lipinski definition) is 0. The van der Waals surface area contributed by atoms with Crippen LogP contribution in [0.25, 0.3) is 22.3 Å². The Bertz CT molecular complexity index is 891. The van der Waals surface area contributed by atoms with Crippen LogP contribution in [-0.4, -0.2) is 0 Å². The summed E-state index contributed by atoms with van der Waals surface area (Å²) in [5, 5.41) is 0. The minimum absolute atomic E-state index is 0.608. The Labute approximate surface area is 132 Å². The molecule has 0 aliphatic heterocycles. The standard InChI is InChI=1S/C20H13F3/c21-20(22,23)15-7-3-6-13(11-15)17-9-4-10-18-16-8-2-1-5-14(16)12-19(17)18/h1-11H,12H2. The maximum Gasteiger partial charge on any atom is 0.416 e. The monoisotopic (exact) mass is 310 g/mol. The minimum atomic E-state index is -4.32. The number of benzene rings is 3. The molecule has 0 saturated carbocycles. The third-order valence-electron chi connectivity index (χ3n) is 4.35. The van der Waals surface area contributed by atoms with Gasteiger partial charge in [0.25, 0.3) is 0 Å². The predicted octanol–water partition coefficient (Wildman–Crippen LogP) is 5.94. The van der Waals surface area contributed by atoms with Gasteiger partial charge in [-0.15, -0.1) is 0 Å². The highest BCUT2D eigenvalue weighted by molar-refractivity contribution is 5.84. The second-order valence-corrected chi connectivity index (χ2v) is 5.74. The summed E-state index contributed by atoms with van der Waals surface area (Å²) in [4.78, 5) is 0. The predicted molar refractivity (Wildman–Crippen MR) is 85.1 cm³/mol. The summed E-state index contributed by atoms with van der Waals surface area (Å²) in [6, 6.07) is 19.5. The van der Waals surface area contributed by atoms with Crippen molar-refractivity contribution in [3.63, 3.8) is 0 Å². The van der Waals surface area contributed by atoms with Gasteiger partial charge in [0.1, 0.15) is 0 Å². The summed E-state index contributed by atoms with van der Waals surface area (Å²) in [6.45, 7) is 0. The number of alkyl halides is 3. The van der Waals surface area contributed by atoms with Gasteiger partial charge in [-0.05, 0) is 51.9 Å². The first-order valence-corrected chi connectivity index (χ1v) is 7.42. The van der Waals surface area contributed by atoms with E-state index in [1.807, 2.05) is 30.3 Å². The van der Waals surface area contributed by atoms with Crippen molar-refractivity contribution in [3.8, 4) is 22.3 Å². The fourth-order valence-electron chi connectivity index (χ4n) is 3.29. The van der Waals surface area contributed by atoms with Gasteiger partial charge in [0.2, 0.25) is 0 Å². The molecule has 0 aromatic heterocycles. The molecule has 1 aliphatic carbocycles. The van der Waals surface area contributed by atoms with Gasteiger partial charge in [0, 0.05) is 0 Å². The molecular weight excluding hydrogens is 297 g/mol. The van der Waals surface area contributed by atoms with Crippen LogP contribution in [0.15, 0.2) is 66.7 Å². The van der Waals surface area contributed by atoms with Gasteiger partial charge in [0.15, 0.2) is 0 Å². The fraction of sp³-hybridized carbons (Fsp3) is 0.100. The topological polar surface area (TPSA) is 0 Å². The van der Waals surface area contributed by atoms with Crippen LogP contribution in [-0.2, 0) is 12.6 Å². The van der Waals surface area contributed by atoms with Crippen LogP contribution in [0.3, 0.4) is 0 Å². The van der Waals surface area contributed by atoms with Crippen LogP contribution in [0.1, 0.15) is 16.7 Å². The van der Waals surface area contributed by atoms with E-state index in [1.54, 1.807) is 6.07 Å². The molecule has 0 bridgehead atoms. The zero-order valence-electron chi connectivity index (χ0n) is 12.2. The first kappa shape index (κ1) is 14.1. The quantitative estimate of drug-likeness (QED) is 0.408. The maximum absolute atomic E-state index is 13.0. The Balaban J connectivity index is 1.87. The van der Waals surface area contributed by atoms with E-state index < -0.39 is 11.7 Å². The molecule has 4 rings (SSSR count). The molecule has 3 aromatic rings. The van der Waals surface area contributed by atoms with Gasteiger partial charge in [-0.3, -0.25) is 0 Å². The van der Waals surface area contributed by atoms with Crippen molar-refractivity contribution in [2.45, 2.75) is 12.6 Å². The molecule has 114 valence electrons. The van der Waals surface area contributed by atoms with E-state index in [0.29, 0.717) is 5.56 Å². The van der Waals surface area contributed by atoms with E-state index in [-0.39, 0.29) is 0 Å². The van der Waals surface area contributed by atoms with Crippen molar-refractivity contribution in [2.75, 3.05) is 0 Å². The summed E-state index contributed by atoms with van der Waals surface area (Å²) in [6.07, 6.45) is -3.56. The van der Waals surface area contributed by atoms with Crippen LogP contribution >= 0.6 is 0 Å². The van der Waals surface area contributed by atoms with Crippen molar-refractivity contribution in [2.24, 2.45) is 0 Å². The Morgan fingerprint density at radius 2 is 1.39 bits per heavy atom. The highest BCUT2D eigenvalue weighted by Gasteiger charge is 2.31. The van der Waals surface area contributed by atoms with Crippen molar-refractivity contribution in [1.82, 2.24) is 0 Å². The fourth-order valence-corrected chi connectivity index (χ4v) is 3.29. The summed E-state index contributed by atoms with van der Waals surface area (Å²) in [7, 11) is 0. The highest BCUT2D eigenvalue weighted by Crippen LogP contribution is 2.42. The zero-order valence-corrected chi connectivity index (χ0v) is 12.2. The Morgan fingerprint density at radius 3 is 2.22 bits per heavy atom. The van der Waals surface area contributed by atoms with Crippen molar-refractivity contribution in [1.29, 1.82) is 0 Å². The van der Waals surface area contributed by atoms with Crippen LogP contribution in [0.4, 0.5) is 13.2 Å². The molecule has 0 amide bonds. The molecule has 0 fully saturated rings. The lowest BCUT2D eigenvalue weighted by Crippen LogP contribution is -2.04. The van der Waals surface area contributed by atoms with E-state index in [1.165, 1.54) is 23.3 Å². The molecule has 0 nitrogen and oxygen atoms in total. The maximum atomic E-state index is 13.0. The lowest BCUT2D eigenvalue weighted by Gasteiger charge is -2.12. The first-order chi connectivity index (χ1) is 11.0. The second kappa shape index (κ2) is 4.98. The number of hydrogen-bond donors (Lipinski definition) is 0. The molecule has 1 aliphatic rings. The Morgan fingerprint density at radius 1 is 0.696 bits per heavy atom. The van der Waals surface area contributed by atoms with E-state index in [9.17, 15) is 13.2 Å². The average molecular weight is 310 g/mol. The second-order valence-electron chi connectivity index (χ2n) is 5.74. The van der Waals surface area contributed by atoms with Crippen molar-refractivity contribution in [3.05, 3.63) is 83.4 Å². The van der Waals surface area contributed by atoms with Gasteiger partial charge < -0.3 is 0 Å². The molecule has 23 heavy (non-hydrogen) atoms. The lowest BCUT2D eigenvalue weighted by molar-refractivity contribution is -0.137. The molecule has 0 radical (unpaired) electrons. The molecule has 3 aromatic carbocycles. The molecule has 0 atom stereocenters. The lowest BCUT2D eigenvalue weighted by atomic mass is 9.94. The highest BCUT2D eigenvalue weighted by atomic mass is 19.4. The zero-order chi connectivity index (χ0) is 16.0. The van der Waals surface area contributed by atoms with E-state index >= 15 is 0 Å². The van der Waals surface area contributed by atoms with E-state index in [0.717, 1.165) is 29.2 Å². The summed E-state index contributed by atoms with van der Waals surface area (Å²) >= 11 is 0. The van der Waals surface area contributed by atoms with Gasteiger partial charge in [-0.1, -0.05) is 54.6 Å². The normalized spacial score (nSPS) is 12.8. The third kappa shape index (κ3) is 2.33. The molecule has 0 spiro atoms. The van der Waals surface area contributed by atoms with Gasteiger partial charge >= 0.3 is 6.18 Å². The molecule has 0 N–H and O–H groups in total. The summed E-state index contributed by atoms with van der Waals surface area (Å²) in [5.74, 6) is 0. The molecule has 3 heteroatoms. The van der Waals surface area contributed by atoms with Gasteiger partial charge in [0.05, 0.1) is 5.56 Å². The van der Waals surface area contributed by atoms with Crippen LogP contribution in [0.5, 0.6) is 0 Å². The third-order valence-corrected chi connectivity index (χ3v) is 4.35. The molecule has 0 heterocycles. The summed E-state index contributed by atoms with van der Waals surface area (Å²) in [5.41, 5.74) is 5.51. The summed E-state index contributed by atoms with van der Waals surface area (Å²) < 4.78 is 38.9. The van der Waals surface area contributed by atoms with Crippen molar-refractivity contribution < 1.29 is 13.2 Å². The average Bonchev–Trinajstić information content (AvgIpc) is 2.93. The number of halogens is 3. The van der Waals surface area contributed by atoms with E-state index in [4.69, 9.17) is 0 Å².